The minimum absolute atomic E-state index is 0.120. The molecule has 1 nitrogen and oxygen atoms in total. The van der Waals surface area contributed by atoms with Crippen LogP contribution in [0.15, 0.2) is 36.4 Å². The highest BCUT2D eigenvalue weighted by molar-refractivity contribution is 5.19. The second-order valence-electron chi connectivity index (χ2n) is 5.23. The third kappa shape index (κ3) is 6.22. The molecule has 94 valence electrons. The van der Waals surface area contributed by atoms with E-state index in [9.17, 15) is 4.39 Å². The number of hydrogen-bond acceptors (Lipinski definition) is 1. The van der Waals surface area contributed by atoms with Crippen molar-refractivity contribution in [1.82, 2.24) is 5.32 Å². The zero-order chi connectivity index (χ0) is 12.7. The van der Waals surface area contributed by atoms with Gasteiger partial charge in [-0.05, 0) is 51.8 Å². The lowest BCUT2D eigenvalue weighted by atomic mass is 10.1. The quantitative estimate of drug-likeness (QED) is 0.606. The summed E-state index contributed by atoms with van der Waals surface area (Å²) in [4.78, 5) is 0. The standard InChI is InChI=1S/C15H22FN/c1-15(2,3)17-12-8-4-5-9-13-10-6-7-11-14(13)16/h4-7,10-11,17H,8-9,12H2,1-3H3. The maximum atomic E-state index is 13.3. The van der Waals surface area contributed by atoms with Gasteiger partial charge < -0.3 is 5.32 Å². The van der Waals surface area contributed by atoms with Gasteiger partial charge in [0.1, 0.15) is 5.82 Å². The lowest BCUT2D eigenvalue weighted by Gasteiger charge is -2.19. The van der Waals surface area contributed by atoms with Crippen molar-refractivity contribution in [2.24, 2.45) is 0 Å². The molecule has 0 aromatic heterocycles. The van der Waals surface area contributed by atoms with Gasteiger partial charge in [0.15, 0.2) is 0 Å². The molecule has 0 unspecified atom stereocenters. The molecule has 17 heavy (non-hydrogen) atoms. The van der Waals surface area contributed by atoms with Crippen LogP contribution in [0.4, 0.5) is 4.39 Å². The van der Waals surface area contributed by atoms with E-state index in [4.69, 9.17) is 0 Å². The molecule has 1 aromatic rings. The Morgan fingerprint density at radius 2 is 1.88 bits per heavy atom. The molecule has 0 atom stereocenters. The smallest absolute Gasteiger partial charge is 0.126 e. The largest absolute Gasteiger partial charge is 0.312 e. The third-order valence-corrected chi connectivity index (χ3v) is 2.43. The second kappa shape index (κ2) is 6.55. The Morgan fingerprint density at radius 1 is 1.18 bits per heavy atom. The summed E-state index contributed by atoms with van der Waals surface area (Å²) in [6, 6.07) is 6.92. The normalized spacial score (nSPS) is 12.2. The van der Waals surface area contributed by atoms with Gasteiger partial charge in [-0.25, -0.2) is 4.39 Å². The first kappa shape index (κ1) is 13.9. The summed E-state index contributed by atoms with van der Waals surface area (Å²) >= 11 is 0. The molecule has 0 aliphatic heterocycles. The van der Waals surface area contributed by atoms with E-state index in [1.165, 1.54) is 6.07 Å². The fourth-order valence-electron chi connectivity index (χ4n) is 1.52. The van der Waals surface area contributed by atoms with E-state index in [1.807, 2.05) is 18.2 Å². The van der Waals surface area contributed by atoms with E-state index in [-0.39, 0.29) is 11.4 Å². The summed E-state index contributed by atoms with van der Waals surface area (Å²) in [5.41, 5.74) is 0.923. The van der Waals surface area contributed by atoms with Gasteiger partial charge in [-0.2, -0.15) is 0 Å². The maximum absolute atomic E-state index is 13.3. The molecule has 0 fully saturated rings. The molecule has 0 spiro atoms. The summed E-state index contributed by atoms with van der Waals surface area (Å²) in [5.74, 6) is -0.120. The average Bonchev–Trinajstić information content (AvgIpc) is 2.24. The van der Waals surface area contributed by atoms with Gasteiger partial charge in [0.2, 0.25) is 0 Å². The molecule has 0 aliphatic carbocycles. The molecule has 1 rings (SSSR count). The zero-order valence-corrected chi connectivity index (χ0v) is 11.0. The number of benzene rings is 1. The van der Waals surface area contributed by atoms with E-state index >= 15 is 0 Å². The van der Waals surface area contributed by atoms with Crippen molar-refractivity contribution >= 4 is 0 Å². The minimum Gasteiger partial charge on any atom is -0.312 e. The molecular formula is C15H22FN. The Morgan fingerprint density at radius 3 is 2.53 bits per heavy atom. The van der Waals surface area contributed by atoms with E-state index in [1.54, 1.807) is 6.07 Å². The highest BCUT2D eigenvalue weighted by Gasteiger charge is 2.06. The van der Waals surface area contributed by atoms with Crippen molar-refractivity contribution in [1.29, 1.82) is 0 Å². The minimum atomic E-state index is -0.120. The van der Waals surface area contributed by atoms with Crippen LogP contribution < -0.4 is 5.32 Å². The first-order valence-corrected chi connectivity index (χ1v) is 6.12. The lowest BCUT2D eigenvalue weighted by Crippen LogP contribution is -2.36. The predicted octanol–water partition coefficient (Wildman–Crippen LogP) is 3.70. The van der Waals surface area contributed by atoms with Gasteiger partial charge in [0.05, 0.1) is 0 Å². The number of nitrogens with one attached hydrogen (secondary N) is 1. The van der Waals surface area contributed by atoms with E-state index in [0.29, 0.717) is 6.42 Å². The Labute approximate surface area is 104 Å². The molecule has 0 amide bonds. The molecule has 0 saturated heterocycles. The van der Waals surface area contributed by atoms with Crippen molar-refractivity contribution in [3.63, 3.8) is 0 Å². The summed E-state index contributed by atoms with van der Waals surface area (Å²) < 4.78 is 13.3. The first-order chi connectivity index (χ1) is 7.99. The molecular weight excluding hydrogens is 213 g/mol. The van der Waals surface area contributed by atoms with Gasteiger partial charge in [-0.3, -0.25) is 0 Å². The van der Waals surface area contributed by atoms with Crippen LogP contribution in [0.5, 0.6) is 0 Å². The molecule has 1 N–H and O–H groups in total. The van der Waals surface area contributed by atoms with Gasteiger partial charge in [-0.15, -0.1) is 0 Å². The van der Waals surface area contributed by atoms with Crippen LogP contribution in [0.25, 0.3) is 0 Å². The van der Waals surface area contributed by atoms with Crippen molar-refractivity contribution < 1.29 is 4.39 Å². The van der Waals surface area contributed by atoms with Gasteiger partial charge in [0.25, 0.3) is 0 Å². The Kier molecular flexibility index (Phi) is 5.36. The van der Waals surface area contributed by atoms with Crippen molar-refractivity contribution in [2.45, 2.75) is 39.2 Å². The average molecular weight is 235 g/mol. The number of rotatable bonds is 5. The van der Waals surface area contributed by atoms with Gasteiger partial charge in [0, 0.05) is 5.54 Å². The summed E-state index contributed by atoms with van der Waals surface area (Å²) in [6.45, 7) is 7.40. The molecule has 1 aromatic carbocycles. The van der Waals surface area contributed by atoms with Crippen LogP contribution in [0.1, 0.15) is 32.8 Å². The van der Waals surface area contributed by atoms with Crippen molar-refractivity contribution in [3.05, 3.63) is 47.8 Å². The molecule has 0 bridgehead atoms. The van der Waals surface area contributed by atoms with Crippen LogP contribution >= 0.6 is 0 Å². The third-order valence-electron chi connectivity index (χ3n) is 2.43. The topological polar surface area (TPSA) is 12.0 Å². The van der Waals surface area contributed by atoms with E-state index in [2.05, 4.69) is 32.2 Å². The fourth-order valence-corrected chi connectivity index (χ4v) is 1.52. The molecule has 0 radical (unpaired) electrons. The van der Waals surface area contributed by atoms with E-state index in [0.717, 1.165) is 18.5 Å². The summed E-state index contributed by atoms with van der Waals surface area (Å²) in [6.07, 6.45) is 5.78. The Hall–Kier alpha value is -1.15. The van der Waals surface area contributed by atoms with Crippen LogP contribution in [-0.4, -0.2) is 12.1 Å². The van der Waals surface area contributed by atoms with E-state index < -0.39 is 0 Å². The van der Waals surface area contributed by atoms with Crippen molar-refractivity contribution in [2.75, 3.05) is 6.54 Å². The molecule has 0 aliphatic rings. The van der Waals surface area contributed by atoms with Crippen molar-refractivity contribution in [3.8, 4) is 0 Å². The molecule has 0 heterocycles. The SMILES string of the molecule is CC(C)(C)NCCC=CCc1ccccc1F. The molecule has 2 heteroatoms. The van der Waals surface area contributed by atoms with Gasteiger partial charge in [-0.1, -0.05) is 30.4 Å². The van der Waals surface area contributed by atoms with Crippen LogP contribution in [0.3, 0.4) is 0 Å². The number of allylic oxidation sites excluding steroid dienone is 1. The monoisotopic (exact) mass is 235 g/mol. The molecule has 0 saturated carbocycles. The highest BCUT2D eigenvalue weighted by Crippen LogP contribution is 2.07. The van der Waals surface area contributed by atoms with Crippen LogP contribution in [0, 0.1) is 5.82 Å². The summed E-state index contributed by atoms with van der Waals surface area (Å²) in [5, 5.41) is 3.41. The number of hydrogen-bond donors (Lipinski definition) is 1. The lowest BCUT2D eigenvalue weighted by molar-refractivity contribution is 0.431. The first-order valence-electron chi connectivity index (χ1n) is 6.12. The van der Waals surface area contributed by atoms with Crippen LogP contribution in [-0.2, 0) is 6.42 Å². The summed E-state index contributed by atoms with van der Waals surface area (Å²) in [7, 11) is 0. The predicted molar refractivity (Wildman–Crippen MR) is 71.6 cm³/mol. The highest BCUT2D eigenvalue weighted by atomic mass is 19.1. The second-order valence-corrected chi connectivity index (χ2v) is 5.23. The zero-order valence-electron chi connectivity index (χ0n) is 11.0. The van der Waals surface area contributed by atoms with Crippen LogP contribution in [0.2, 0.25) is 0 Å². The number of halogens is 1. The fraction of sp³-hybridized carbons (Fsp3) is 0.467. The maximum Gasteiger partial charge on any atom is 0.126 e. The van der Waals surface area contributed by atoms with Gasteiger partial charge >= 0.3 is 0 Å². The Balaban J connectivity index is 2.25. The Bertz CT molecular complexity index is 363.